The average molecular weight is 165 g/mol. The zero-order chi connectivity index (χ0) is 9.23. The standard InChI is InChI=1S/C10H15NO/c1-4-6-7-8-10(3)9-11-12-5-2/h4,6-9H,3,5H2,1-2H3/b6-4-,8-7-,11-9+. The summed E-state index contributed by atoms with van der Waals surface area (Å²) in [7, 11) is 0. The first-order chi connectivity index (χ1) is 5.81. The number of nitrogens with zero attached hydrogens (tertiary/aromatic N) is 1. The Morgan fingerprint density at radius 3 is 2.83 bits per heavy atom. The molecule has 0 saturated heterocycles. The minimum absolute atomic E-state index is 0.586. The number of allylic oxidation sites excluding steroid dienone is 5. The van der Waals surface area contributed by atoms with E-state index in [1.807, 2.05) is 38.2 Å². The minimum Gasteiger partial charge on any atom is -0.396 e. The molecule has 0 rings (SSSR count). The fourth-order valence-electron chi connectivity index (χ4n) is 0.513. The molecule has 2 heteroatoms. The van der Waals surface area contributed by atoms with E-state index in [-0.39, 0.29) is 0 Å². The van der Waals surface area contributed by atoms with Crippen molar-refractivity contribution in [3.8, 4) is 0 Å². The Morgan fingerprint density at radius 2 is 2.25 bits per heavy atom. The number of oxime groups is 1. The van der Waals surface area contributed by atoms with Gasteiger partial charge in [0.25, 0.3) is 0 Å². The van der Waals surface area contributed by atoms with Crippen LogP contribution in [0, 0.1) is 0 Å². The summed E-state index contributed by atoms with van der Waals surface area (Å²) in [5, 5.41) is 3.67. The molecule has 0 N–H and O–H groups in total. The summed E-state index contributed by atoms with van der Waals surface area (Å²) >= 11 is 0. The number of rotatable bonds is 5. The first-order valence-electron chi connectivity index (χ1n) is 3.94. The Labute approximate surface area is 73.9 Å². The van der Waals surface area contributed by atoms with E-state index in [0.29, 0.717) is 6.61 Å². The Bertz CT molecular complexity index is 202. The lowest BCUT2D eigenvalue weighted by atomic mass is 10.3. The van der Waals surface area contributed by atoms with Gasteiger partial charge in [-0.1, -0.05) is 36.0 Å². The van der Waals surface area contributed by atoms with E-state index in [1.165, 1.54) is 0 Å². The van der Waals surface area contributed by atoms with E-state index in [1.54, 1.807) is 6.21 Å². The van der Waals surface area contributed by atoms with E-state index < -0.39 is 0 Å². The van der Waals surface area contributed by atoms with Crippen LogP contribution in [0.5, 0.6) is 0 Å². The molecule has 0 saturated carbocycles. The van der Waals surface area contributed by atoms with Crippen molar-refractivity contribution in [3.05, 3.63) is 36.5 Å². The molecule has 0 aliphatic rings. The maximum absolute atomic E-state index is 4.77. The van der Waals surface area contributed by atoms with Gasteiger partial charge in [-0.2, -0.15) is 0 Å². The molecule has 0 fully saturated rings. The highest BCUT2D eigenvalue weighted by atomic mass is 16.6. The van der Waals surface area contributed by atoms with Gasteiger partial charge in [0.1, 0.15) is 6.61 Å². The predicted molar refractivity (Wildman–Crippen MR) is 53.2 cm³/mol. The third kappa shape index (κ3) is 6.81. The van der Waals surface area contributed by atoms with Crippen molar-refractivity contribution in [1.29, 1.82) is 0 Å². The van der Waals surface area contributed by atoms with Gasteiger partial charge >= 0.3 is 0 Å². The van der Waals surface area contributed by atoms with Gasteiger partial charge in [-0.25, -0.2) is 0 Å². The van der Waals surface area contributed by atoms with Gasteiger partial charge in [-0.3, -0.25) is 0 Å². The maximum atomic E-state index is 4.77. The molecule has 0 bridgehead atoms. The second-order valence-corrected chi connectivity index (χ2v) is 2.11. The molecule has 0 aromatic rings. The van der Waals surface area contributed by atoms with Crippen LogP contribution in [0.1, 0.15) is 13.8 Å². The second kappa shape index (κ2) is 7.79. The lowest BCUT2D eigenvalue weighted by Gasteiger charge is -1.90. The molecular formula is C10H15NO. The minimum atomic E-state index is 0.586. The highest BCUT2D eigenvalue weighted by Crippen LogP contribution is 1.89. The molecule has 0 unspecified atom stereocenters. The molecule has 12 heavy (non-hydrogen) atoms. The zero-order valence-electron chi connectivity index (χ0n) is 7.66. The first-order valence-corrected chi connectivity index (χ1v) is 3.94. The van der Waals surface area contributed by atoms with Crippen LogP contribution >= 0.6 is 0 Å². The number of hydrogen-bond donors (Lipinski definition) is 0. The van der Waals surface area contributed by atoms with Crippen LogP contribution in [0.2, 0.25) is 0 Å². The van der Waals surface area contributed by atoms with Crippen LogP contribution in [-0.4, -0.2) is 12.8 Å². The summed E-state index contributed by atoms with van der Waals surface area (Å²) in [5.41, 5.74) is 0.821. The Balaban J connectivity index is 3.73. The molecule has 66 valence electrons. The highest BCUT2D eigenvalue weighted by Gasteiger charge is 1.78. The van der Waals surface area contributed by atoms with Crippen LogP contribution in [0.25, 0.3) is 0 Å². The molecule has 0 aromatic carbocycles. The van der Waals surface area contributed by atoms with E-state index in [4.69, 9.17) is 4.84 Å². The van der Waals surface area contributed by atoms with Crippen molar-refractivity contribution in [2.24, 2.45) is 5.16 Å². The van der Waals surface area contributed by atoms with Crippen molar-refractivity contribution >= 4 is 6.21 Å². The van der Waals surface area contributed by atoms with Crippen LogP contribution in [0.3, 0.4) is 0 Å². The maximum Gasteiger partial charge on any atom is 0.114 e. The Morgan fingerprint density at radius 1 is 1.50 bits per heavy atom. The van der Waals surface area contributed by atoms with Crippen LogP contribution in [0.4, 0.5) is 0 Å². The lowest BCUT2D eigenvalue weighted by Crippen LogP contribution is -1.81. The normalized spacial score (nSPS) is 11.8. The van der Waals surface area contributed by atoms with Gasteiger partial charge < -0.3 is 4.84 Å². The molecule has 0 aliphatic carbocycles. The van der Waals surface area contributed by atoms with Crippen molar-refractivity contribution in [2.45, 2.75) is 13.8 Å². The van der Waals surface area contributed by atoms with Crippen molar-refractivity contribution < 1.29 is 4.84 Å². The topological polar surface area (TPSA) is 21.6 Å². The summed E-state index contributed by atoms with van der Waals surface area (Å²) in [4.78, 5) is 4.77. The molecule has 0 amide bonds. The molecule has 0 aromatic heterocycles. The summed E-state index contributed by atoms with van der Waals surface area (Å²) < 4.78 is 0. The Hall–Kier alpha value is -1.31. The summed E-state index contributed by atoms with van der Waals surface area (Å²) in [5.74, 6) is 0. The van der Waals surface area contributed by atoms with Gasteiger partial charge in [0.15, 0.2) is 0 Å². The third-order valence-electron chi connectivity index (χ3n) is 1.04. The predicted octanol–water partition coefficient (Wildman–Crippen LogP) is 2.70. The molecule has 0 spiro atoms. The van der Waals surface area contributed by atoms with E-state index in [0.717, 1.165) is 5.57 Å². The Kier molecular flexibility index (Phi) is 6.94. The van der Waals surface area contributed by atoms with E-state index in [9.17, 15) is 0 Å². The van der Waals surface area contributed by atoms with E-state index in [2.05, 4.69) is 11.7 Å². The highest BCUT2D eigenvalue weighted by molar-refractivity contribution is 5.80. The summed E-state index contributed by atoms with van der Waals surface area (Å²) in [6.45, 7) is 8.18. The SMILES string of the molecule is C=C(/C=C\C=C/C)/C=N/OCC. The molecular weight excluding hydrogens is 150 g/mol. The molecule has 0 heterocycles. The third-order valence-corrected chi connectivity index (χ3v) is 1.04. The van der Waals surface area contributed by atoms with Gasteiger partial charge in [0, 0.05) is 0 Å². The van der Waals surface area contributed by atoms with Crippen LogP contribution in [-0.2, 0) is 4.84 Å². The van der Waals surface area contributed by atoms with Gasteiger partial charge in [-0.15, -0.1) is 0 Å². The van der Waals surface area contributed by atoms with Gasteiger partial charge in [-0.05, 0) is 19.4 Å². The molecule has 0 aliphatic heterocycles. The average Bonchev–Trinajstić information content (AvgIpc) is 2.06. The molecule has 2 nitrogen and oxygen atoms in total. The van der Waals surface area contributed by atoms with Crippen molar-refractivity contribution in [2.75, 3.05) is 6.61 Å². The number of hydrogen-bond acceptors (Lipinski definition) is 2. The lowest BCUT2D eigenvalue weighted by molar-refractivity contribution is 0.160. The quantitative estimate of drug-likeness (QED) is 0.348. The van der Waals surface area contributed by atoms with Crippen LogP contribution in [0.15, 0.2) is 41.6 Å². The molecule has 0 radical (unpaired) electrons. The molecule has 0 atom stereocenters. The largest absolute Gasteiger partial charge is 0.396 e. The summed E-state index contributed by atoms with van der Waals surface area (Å²) in [6, 6.07) is 0. The van der Waals surface area contributed by atoms with Crippen molar-refractivity contribution in [1.82, 2.24) is 0 Å². The van der Waals surface area contributed by atoms with E-state index >= 15 is 0 Å². The van der Waals surface area contributed by atoms with Crippen molar-refractivity contribution in [3.63, 3.8) is 0 Å². The smallest absolute Gasteiger partial charge is 0.114 e. The van der Waals surface area contributed by atoms with Gasteiger partial charge in [0.2, 0.25) is 0 Å². The first kappa shape index (κ1) is 10.7. The fourth-order valence-corrected chi connectivity index (χ4v) is 0.513. The second-order valence-electron chi connectivity index (χ2n) is 2.11. The van der Waals surface area contributed by atoms with Gasteiger partial charge in [0.05, 0.1) is 6.21 Å². The zero-order valence-corrected chi connectivity index (χ0v) is 7.66. The summed E-state index contributed by atoms with van der Waals surface area (Å²) in [6.07, 6.45) is 9.23. The monoisotopic (exact) mass is 165 g/mol. The fraction of sp³-hybridized carbons (Fsp3) is 0.300. The van der Waals surface area contributed by atoms with Crippen LogP contribution < -0.4 is 0 Å².